The summed E-state index contributed by atoms with van der Waals surface area (Å²) in [6.07, 6.45) is 29.4. The lowest BCUT2D eigenvalue weighted by Gasteiger charge is -2.00. The average Bonchev–Trinajstić information content (AvgIpc) is 2.51. The Labute approximate surface area is 146 Å². The van der Waals surface area contributed by atoms with E-state index in [1.807, 2.05) is 111 Å². The molecule has 0 N–H and O–H groups in total. The van der Waals surface area contributed by atoms with E-state index in [0.717, 1.165) is 0 Å². The number of carbonyl (C=O) groups is 1. The minimum absolute atomic E-state index is 0.0442. The van der Waals surface area contributed by atoms with Gasteiger partial charge in [0.15, 0.2) is 5.78 Å². The van der Waals surface area contributed by atoms with Gasteiger partial charge in [0.25, 0.3) is 0 Å². The molecule has 0 heterocycles. The lowest BCUT2D eigenvalue weighted by atomic mass is 10.3. The normalized spacial score (nSPS) is 13.5. The quantitative estimate of drug-likeness (QED) is 0.447. The van der Waals surface area contributed by atoms with Crippen LogP contribution in [-0.4, -0.2) is 43.8 Å². The van der Waals surface area contributed by atoms with Crippen molar-refractivity contribution in [1.29, 1.82) is 0 Å². The molecule has 0 bridgehead atoms. The Morgan fingerprint density at radius 1 is 0.500 bits per heavy atom. The highest BCUT2D eigenvalue weighted by Crippen LogP contribution is 1.88. The molecule has 0 aliphatic heterocycles. The van der Waals surface area contributed by atoms with Crippen LogP contribution in [0.3, 0.4) is 0 Å². The fourth-order valence-corrected chi connectivity index (χ4v) is 1.31. The molecule has 3 nitrogen and oxygen atoms in total. The van der Waals surface area contributed by atoms with E-state index >= 15 is 0 Å². The number of rotatable bonds is 10. The first-order valence-corrected chi connectivity index (χ1v) is 7.75. The summed E-state index contributed by atoms with van der Waals surface area (Å²) >= 11 is 0. The van der Waals surface area contributed by atoms with Crippen LogP contribution in [0.15, 0.2) is 97.5 Å². The molecular formula is C21H28N2O. The Kier molecular flexibility index (Phi) is 13.3. The SMILES string of the molecule is CN(C)C=CC=CC=CC=CC(=O)C=CC=CC=CC=CN(C)C. The van der Waals surface area contributed by atoms with Crippen LogP contribution in [0.25, 0.3) is 0 Å². The van der Waals surface area contributed by atoms with E-state index in [0.29, 0.717) is 0 Å². The standard InChI is InChI=1S/C21H28N2O/c1-22(2)19-15-11-7-5-9-13-17-21(24)18-14-10-6-8-12-16-20-23(3)4/h5-20H,1-4H3. The monoisotopic (exact) mass is 324 g/mol. The Balaban J connectivity index is 4.07. The Hall–Kier alpha value is -2.81. The van der Waals surface area contributed by atoms with Crippen molar-refractivity contribution < 1.29 is 4.79 Å². The van der Waals surface area contributed by atoms with Crippen molar-refractivity contribution in [2.75, 3.05) is 28.2 Å². The van der Waals surface area contributed by atoms with Gasteiger partial charge in [-0.2, -0.15) is 0 Å². The lowest BCUT2D eigenvalue weighted by molar-refractivity contribution is -0.110. The topological polar surface area (TPSA) is 23.6 Å². The molecule has 0 unspecified atom stereocenters. The molecule has 0 saturated heterocycles. The third-order valence-corrected chi connectivity index (χ3v) is 2.40. The van der Waals surface area contributed by atoms with Crippen LogP contribution in [0.1, 0.15) is 0 Å². The Morgan fingerprint density at radius 2 is 0.792 bits per heavy atom. The summed E-state index contributed by atoms with van der Waals surface area (Å²) in [4.78, 5) is 15.5. The maximum atomic E-state index is 11.6. The van der Waals surface area contributed by atoms with Crippen LogP contribution in [0, 0.1) is 0 Å². The van der Waals surface area contributed by atoms with E-state index in [1.54, 1.807) is 12.2 Å². The van der Waals surface area contributed by atoms with Crippen molar-refractivity contribution in [1.82, 2.24) is 9.80 Å². The summed E-state index contributed by atoms with van der Waals surface area (Å²) in [6, 6.07) is 0. The van der Waals surface area contributed by atoms with Crippen molar-refractivity contribution in [3.63, 3.8) is 0 Å². The van der Waals surface area contributed by atoms with Gasteiger partial charge in [-0.25, -0.2) is 0 Å². The lowest BCUT2D eigenvalue weighted by Crippen LogP contribution is -1.99. The molecule has 0 atom stereocenters. The predicted molar refractivity (Wildman–Crippen MR) is 106 cm³/mol. The number of allylic oxidation sites excluding steroid dienone is 14. The van der Waals surface area contributed by atoms with Crippen LogP contribution < -0.4 is 0 Å². The van der Waals surface area contributed by atoms with E-state index in [1.165, 1.54) is 12.2 Å². The largest absolute Gasteiger partial charge is 0.383 e. The minimum Gasteiger partial charge on any atom is -0.383 e. The van der Waals surface area contributed by atoms with E-state index in [2.05, 4.69) is 0 Å². The molecule has 0 aromatic rings. The highest BCUT2D eigenvalue weighted by Gasteiger charge is 1.83. The predicted octanol–water partition coefficient (Wildman–Crippen LogP) is 4.04. The second kappa shape index (κ2) is 15.1. The molecule has 0 rings (SSSR count). The molecule has 3 heteroatoms. The highest BCUT2D eigenvalue weighted by atomic mass is 16.1. The summed E-state index contributed by atoms with van der Waals surface area (Å²) in [5, 5.41) is 0. The summed E-state index contributed by atoms with van der Waals surface area (Å²) in [6.45, 7) is 0. The number of hydrogen-bond acceptors (Lipinski definition) is 3. The number of hydrogen-bond donors (Lipinski definition) is 0. The third-order valence-electron chi connectivity index (χ3n) is 2.40. The van der Waals surface area contributed by atoms with Crippen molar-refractivity contribution in [2.45, 2.75) is 0 Å². The summed E-state index contributed by atoms with van der Waals surface area (Å²) in [5.41, 5.74) is 0. The molecule has 0 aliphatic carbocycles. The second-order valence-electron chi connectivity index (χ2n) is 5.27. The first-order chi connectivity index (χ1) is 11.5. The van der Waals surface area contributed by atoms with Gasteiger partial charge in [-0.05, 0) is 36.7 Å². The van der Waals surface area contributed by atoms with Gasteiger partial charge in [0.2, 0.25) is 0 Å². The van der Waals surface area contributed by atoms with Gasteiger partial charge >= 0.3 is 0 Å². The van der Waals surface area contributed by atoms with Gasteiger partial charge in [-0.15, -0.1) is 0 Å². The second-order valence-corrected chi connectivity index (χ2v) is 5.27. The average molecular weight is 324 g/mol. The maximum absolute atomic E-state index is 11.6. The molecule has 0 aromatic heterocycles. The van der Waals surface area contributed by atoms with Crippen LogP contribution in [0.2, 0.25) is 0 Å². The van der Waals surface area contributed by atoms with Crippen molar-refractivity contribution in [3.05, 3.63) is 97.5 Å². The zero-order chi connectivity index (χ0) is 18.0. The molecule has 0 saturated carbocycles. The minimum atomic E-state index is -0.0442. The molecule has 24 heavy (non-hydrogen) atoms. The zero-order valence-corrected chi connectivity index (χ0v) is 15.0. The van der Waals surface area contributed by atoms with Gasteiger partial charge in [0.1, 0.15) is 0 Å². The van der Waals surface area contributed by atoms with E-state index < -0.39 is 0 Å². The Bertz CT molecular complexity index is 519. The van der Waals surface area contributed by atoms with E-state index in [4.69, 9.17) is 0 Å². The fraction of sp³-hybridized carbons (Fsp3) is 0.190. The Morgan fingerprint density at radius 3 is 1.12 bits per heavy atom. The molecule has 128 valence electrons. The zero-order valence-electron chi connectivity index (χ0n) is 15.0. The summed E-state index contributed by atoms with van der Waals surface area (Å²) in [7, 11) is 7.87. The van der Waals surface area contributed by atoms with Crippen molar-refractivity contribution in [3.8, 4) is 0 Å². The first-order valence-electron chi connectivity index (χ1n) is 7.75. The van der Waals surface area contributed by atoms with Crippen molar-refractivity contribution >= 4 is 5.78 Å². The van der Waals surface area contributed by atoms with Gasteiger partial charge in [-0.3, -0.25) is 4.79 Å². The molecule has 0 aliphatic rings. The summed E-state index contributed by atoms with van der Waals surface area (Å²) in [5.74, 6) is -0.0442. The summed E-state index contributed by atoms with van der Waals surface area (Å²) < 4.78 is 0. The molecule has 0 amide bonds. The molecule has 0 aromatic carbocycles. The van der Waals surface area contributed by atoms with Crippen molar-refractivity contribution in [2.24, 2.45) is 0 Å². The number of nitrogens with zero attached hydrogens (tertiary/aromatic N) is 2. The fourth-order valence-electron chi connectivity index (χ4n) is 1.31. The van der Waals surface area contributed by atoms with E-state index in [9.17, 15) is 4.79 Å². The van der Waals surface area contributed by atoms with Crippen LogP contribution >= 0.6 is 0 Å². The maximum Gasteiger partial charge on any atom is 0.178 e. The molecule has 0 spiro atoms. The number of ketones is 1. The molecule has 0 radical (unpaired) electrons. The molecular weight excluding hydrogens is 296 g/mol. The van der Waals surface area contributed by atoms with Gasteiger partial charge < -0.3 is 9.80 Å². The van der Waals surface area contributed by atoms with Gasteiger partial charge in [0, 0.05) is 28.2 Å². The molecule has 0 fully saturated rings. The number of carbonyl (C=O) groups excluding carboxylic acids is 1. The smallest absolute Gasteiger partial charge is 0.178 e. The van der Waals surface area contributed by atoms with Crippen LogP contribution in [0.5, 0.6) is 0 Å². The van der Waals surface area contributed by atoms with Gasteiger partial charge in [-0.1, -0.05) is 60.8 Å². The van der Waals surface area contributed by atoms with Gasteiger partial charge in [0.05, 0.1) is 0 Å². The first kappa shape index (κ1) is 21.2. The van der Waals surface area contributed by atoms with Crippen LogP contribution in [0.4, 0.5) is 0 Å². The third kappa shape index (κ3) is 17.2. The van der Waals surface area contributed by atoms with Crippen LogP contribution in [-0.2, 0) is 4.79 Å². The van der Waals surface area contributed by atoms with E-state index in [-0.39, 0.29) is 5.78 Å². The highest BCUT2D eigenvalue weighted by molar-refractivity contribution is 5.99.